The van der Waals surface area contributed by atoms with Crippen LogP contribution in [0.25, 0.3) is 0 Å². The van der Waals surface area contributed by atoms with Crippen molar-refractivity contribution < 1.29 is 9.53 Å². The number of hydrogen-bond donors (Lipinski definition) is 0. The van der Waals surface area contributed by atoms with Crippen LogP contribution in [0.1, 0.15) is 59.3 Å². The lowest BCUT2D eigenvalue weighted by Gasteiger charge is -2.28. The van der Waals surface area contributed by atoms with Gasteiger partial charge in [0.2, 0.25) is 0 Å². The second-order valence-corrected chi connectivity index (χ2v) is 4.82. The van der Waals surface area contributed by atoms with Gasteiger partial charge in [0.1, 0.15) is 5.60 Å². The molecule has 0 amide bonds. The van der Waals surface area contributed by atoms with E-state index in [1.807, 2.05) is 0 Å². The Morgan fingerprint density at radius 3 is 2.36 bits per heavy atom. The highest BCUT2D eigenvalue weighted by atomic mass is 16.6. The highest BCUT2D eigenvalue weighted by molar-refractivity contribution is 5.70. The molecule has 0 aromatic rings. The minimum atomic E-state index is -0.105. The average molecular weight is 198 g/mol. The Bertz CT molecular complexity index is 190. The largest absolute Gasteiger partial charge is 0.459 e. The van der Waals surface area contributed by atoms with E-state index in [1.54, 1.807) is 0 Å². The number of carbonyl (C=O) groups is 1. The Labute approximate surface area is 87.0 Å². The van der Waals surface area contributed by atoms with Gasteiger partial charge in [0.15, 0.2) is 0 Å². The zero-order valence-corrected chi connectivity index (χ0v) is 9.64. The second-order valence-electron chi connectivity index (χ2n) is 4.82. The number of ether oxygens (including phenoxy) is 1. The normalized spacial score (nSPS) is 20.0. The summed E-state index contributed by atoms with van der Waals surface area (Å²) in [7, 11) is 0. The quantitative estimate of drug-likeness (QED) is 0.648. The Balaban J connectivity index is 2.44. The van der Waals surface area contributed by atoms with Gasteiger partial charge in [-0.2, -0.15) is 0 Å². The monoisotopic (exact) mass is 198 g/mol. The standard InChI is InChI=1S/C12H22O2/c1-4-12(7-5-6-8-12)14-11(13)9-10(2)3/h10H,4-9H2,1-3H3. The zero-order valence-electron chi connectivity index (χ0n) is 9.64. The van der Waals surface area contributed by atoms with E-state index in [1.165, 1.54) is 12.8 Å². The third kappa shape index (κ3) is 3.00. The van der Waals surface area contributed by atoms with E-state index in [0.29, 0.717) is 12.3 Å². The van der Waals surface area contributed by atoms with E-state index in [2.05, 4.69) is 20.8 Å². The van der Waals surface area contributed by atoms with Gasteiger partial charge in [0.05, 0.1) is 0 Å². The van der Waals surface area contributed by atoms with E-state index in [0.717, 1.165) is 19.3 Å². The molecule has 0 atom stereocenters. The van der Waals surface area contributed by atoms with Gasteiger partial charge in [-0.25, -0.2) is 0 Å². The van der Waals surface area contributed by atoms with Crippen LogP contribution in [0.2, 0.25) is 0 Å². The summed E-state index contributed by atoms with van der Waals surface area (Å²) in [5.74, 6) is 0.390. The summed E-state index contributed by atoms with van der Waals surface area (Å²) in [6.07, 6.45) is 6.07. The number of rotatable bonds is 4. The van der Waals surface area contributed by atoms with Crippen LogP contribution >= 0.6 is 0 Å². The van der Waals surface area contributed by atoms with Crippen LogP contribution in [0.5, 0.6) is 0 Å². The van der Waals surface area contributed by atoms with Crippen molar-refractivity contribution in [3.63, 3.8) is 0 Å². The molecule has 0 heterocycles. The Morgan fingerprint density at radius 1 is 1.36 bits per heavy atom. The fourth-order valence-corrected chi connectivity index (χ4v) is 2.16. The minimum absolute atomic E-state index is 0.0104. The van der Waals surface area contributed by atoms with Gasteiger partial charge in [-0.15, -0.1) is 0 Å². The van der Waals surface area contributed by atoms with Crippen molar-refractivity contribution in [3.05, 3.63) is 0 Å². The molecule has 2 heteroatoms. The van der Waals surface area contributed by atoms with Gasteiger partial charge in [0.25, 0.3) is 0 Å². The Morgan fingerprint density at radius 2 is 1.93 bits per heavy atom. The lowest BCUT2D eigenvalue weighted by molar-refractivity contribution is -0.160. The molecule has 1 aliphatic rings. The van der Waals surface area contributed by atoms with Crippen LogP contribution in [0.15, 0.2) is 0 Å². The first-order valence-electron chi connectivity index (χ1n) is 5.80. The lowest BCUT2D eigenvalue weighted by atomic mass is 9.98. The zero-order chi connectivity index (χ0) is 10.6. The maximum Gasteiger partial charge on any atom is 0.306 e. The van der Waals surface area contributed by atoms with Gasteiger partial charge < -0.3 is 4.74 Å². The van der Waals surface area contributed by atoms with Crippen molar-refractivity contribution in [2.75, 3.05) is 0 Å². The van der Waals surface area contributed by atoms with Crippen LogP contribution in [0, 0.1) is 5.92 Å². The fraction of sp³-hybridized carbons (Fsp3) is 0.917. The third-order valence-corrected chi connectivity index (χ3v) is 3.06. The van der Waals surface area contributed by atoms with E-state index in [-0.39, 0.29) is 11.6 Å². The first-order valence-corrected chi connectivity index (χ1v) is 5.80. The molecule has 0 unspecified atom stereocenters. The first-order chi connectivity index (χ1) is 6.58. The van der Waals surface area contributed by atoms with Crippen molar-refractivity contribution in [2.45, 2.75) is 64.9 Å². The van der Waals surface area contributed by atoms with Crippen molar-refractivity contribution in [1.29, 1.82) is 0 Å². The smallest absolute Gasteiger partial charge is 0.306 e. The molecule has 0 radical (unpaired) electrons. The molecule has 82 valence electrons. The Hall–Kier alpha value is -0.530. The van der Waals surface area contributed by atoms with Crippen LogP contribution in [0.3, 0.4) is 0 Å². The van der Waals surface area contributed by atoms with Crippen molar-refractivity contribution in [3.8, 4) is 0 Å². The molecule has 2 nitrogen and oxygen atoms in total. The van der Waals surface area contributed by atoms with Gasteiger partial charge >= 0.3 is 5.97 Å². The summed E-state index contributed by atoms with van der Waals surface area (Å²) >= 11 is 0. The maximum absolute atomic E-state index is 11.6. The predicted molar refractivity (Wildman–Crippen MR) is 57.0 cm³/mol. The van der Waals surface area contributed by atoms with Gasteiger partial charge in [0, 0.05) is 6.42 Å². The summed E-state index contributed by atoms with van der Waals surface area (Å²) in [6, 6.07) is 0. The number of carbonyl (C=O) groups excluding carboxylic acids is 1. The summed E-state index contributed by atoms with van der Waals surface area (Å²) in [4.78, 5) is 11.6. The molecule has 0 saturated heterocycles. The molecule has 1 aliphatic carbocycles. The summed E-state index contributed by atoms with van der Waals surface area (Å²) in [5, 5.41) is 0. The Kier molecular flexibility index (Phi) is 3.97. The molecular formula is C12H22O2. The molecule has 1 fully saturated rings. The first kappa shape index (κ1) is 11.5. The number of esters is 1. The molecule has 14 heavy (non-hydrogen) atoms. The van der Waals surface area contributed by atoms with Gasteiger partial charge in [-0.1, -0.05) is 20.8 Å². The predicted octanol–water partition coefficient (Wildman–Crippen LogP) is 3.30. The highest BCUT2D eigenvalue weighted by Gasteiger charge is 2.35. The summed E-state index contributed by atoms with van der Waals surface area (Å²) < 4.78 is 5.62. The van der Waals surface area contributed by atoms with Crippen molar-refractivity contribution >= 4 is 5.97 Å². The number of hydrogen-bond acceptors (Lipinski definition) is 2. The average Bonchev–Trinajstić information content (AvgIpc) is 2.52. The van der Waals surface area contributed by atoms with Crippen molar-refractivity contribution in [1.82, 2.24) is 0 Å². The molecule has 0 spiro atoms. The molecular weight excluding hydrogens is 176 g/mol. The maximum atomic E-state index is 11.6. The van der Waals surface area contributed by atoms with E-state index >= 15 is 0 Å². The second kappa shape index (κ2) is 4.81. The SMILES string of the molecule is CCC1(OC(=O)CC(C)C)CCCC1. The molecule has 1 saturated carbocycles. The third-order valence-electron chi connectivity index (χ3n) is 3.06. The molecule has 0 aromatic carbocycles. The van der Waals surface area contributed by atoms with E-state index in [4.69, 9.17) is 4.74 Å². The highest BCUT2D eigenvalue weighted by Crippen LogP contribution is 2.36. The van der Waals surface area contributed by atoms with Crippen LogP contribution in [-0.4, -0.2) is 11.6 Å². The molecule has 0 bridgehead atoms. The van der Waals surface area contributed by atoms with Crippen LogP contribution < -0.4 is 0 Å². The molecule has 0 aliphatic heterocycles. The minimum Gasteiger partial charge on any atom is -0.459 e. The van der Waals surface area contributed by atoms with E-state index < -0.39 is 0 Å². The van der Waals surface area contributed by atoms with Crippen molar-refractivity contribution in [2.24, 2.45) is 5.92 Å². The fourth-order valence-electron chi connectivity index (χ4n) is 2.16. The van der Waals surface area contributed by atoms with Gasteiger partial charge in [-0.05, 0) is 38.0 Å². The lowest BCUT2D eigenvalue weighted by Crippen LogP contribution is -2.31. The van der Waals surface area contributed by atoms with Crippen LogP contribution in [-0.2, 0) is 9.53 Å². The molecule has 0 aromatic heterocycles. The summed E-state index contributed by atoms with van der Waals surface area (Å²) in [5.41, 5.74) is -0.105. The summed E-state index contributed by atoms with van der Waals surface area (Å²) in [6.45, 7) is 6.22. The molecule has 0 N–H and O–H groups in total. The van der Waals surface area contributed by atoms with Gasteiger partial charge in [-0.3, -0.25) is 4.79 Å². The van der Waals surface area contributed by atoms with Crippen LogP contribution in [0.4, 0.5) is 0 Å². The van der Waals surface area contributed by atoms with E-state index in [9.17, 15) is 4.79 Å². The topological polar surface area (TPSA) is 26.3 Å². The molecule has 1 rings (SSSR count).